The smallest absolute Gasteiger partial charge is 0.245 e. The fourth-order valence-electron chi connectivity index (χ4n) is 3.95. The molecule has 0 atom stereocenters. The SMILES string of the molecule is Oc1cccc(Cc2cccc(Nc3ccc(/C=N\Nc4ncc(F)c(N5CCOCC5)n4)nc3)c2)c1. The van der Waals surface area contributed by atoms with E-state index in [0.717, 1.165) is 35.1 Å². The van der Waals surface area contributed by atoms with Crippen LogP contribution in [0.3, 0.4) is 0 Å². The van der Waals surface area contributed by atoms with Gasteiger partial charge in [-0.1, -0.05) is 24.3 Å². The minimum Gasteiger partial charge on any atom is -0.508 e. The lowest BCUT2D eigenvalue weighted by Crippen LogP contribution is -2.37. The molecule has 2 aromatic heterocycles. The number of phenols is 1. The van der Waals surface area contributed by atoms with Gasteiger partial charge >= 0.3 is 0 Å². The number of rotatable bonds is 8. The topological polar surface area (TPSA) is 108 Å². The predicted octanol–water partition coefficient (Wildman–Crippen LogP) is 4.33. The Hall–Kier alpha value is -4.57. The van der Waals surface area contributed by atoms with Crippen LogP contribution in [0.25, 0.3) is 0 Å². The second-order valence-corrected chi connectivity index (χ2v) is 8.48. The first-order valence-corrected chi connectivity index (χ1v) is 11.9. The van der Waals surface area contributed by atoms with Crippen molar-refractivity contribution >= 4 is 29.4 Å². The molecule has 37 heavy (non-hydrogen) atoms. The first-order chi connectivity index (χ1) is 18.1. The Balaban J connectivity index is 1.18. The number of aromatic hydroxyl groups is 1. The van der Waals surface area contributed by atoms with Gasteiger partial charge in [-0.2, -0.15) is 10.1 Å². The number of halogens is 1. The summed E-state index contributed by atoms with van der Waals surface area (Å²) in [4.78, 5) is 14.4. The summed E-state index contributed by atoms with van der Waals surface area (Å²) in [6.45, 7) is 2.21. The number of ether oxygens (including phenoxy) is 1. The van der Waals surface area contributed by atoms with Gasteiger partial charge in [-0.3, -0.25) is 4.98 Å². The summed E-state index contributed by atoms with van der Waals surface area (Å²) in [5.74, 6) is 0.212. The number of phenolic OH excluding ortho intramolecular Hbond substituents is 1. The van der Waals surface area contributed by atoms with Gasteiger partial charge in [0.15, 0.2) is 11.6 Å². The number of pyridine rings is 1. The molecule has 4 aromatic rings. The Morgan fingerprint density at radius 3 is 2.57 bits per heavy atom. The summed E-state index contributed by atoms with van der Waals surface area (Å²) < 4.78 is 19.5. The predicted molar refractivity (Wildman–Crippen MR) is 141 cm³/mol. The van der Waals surface area contributed by atoms with E-state index in [0.29, 0.717) is 32.0 Å². The van der Waals surface area contributed by atoms with Crippen LogP contribution in [0.15, 0.2) is 78.2 Å². The van der Waals surface area contributed by atoms with Crippen LogP contribution < -0.4 is 15.6 Å². The largest absolute Gasteiger partial charge is 0.508 e. The highest BCUT2D eigenvalue weighted by Crippen LogP contribution is 2.21. The highest BCUT2D eigenvalue weighted by Gasteiger charge is 2.17. The maximum Gasteiger partial charge on any atom is 0.245 e. The molecule has 1 aliphatic heterocycles. The number of hydrazone groups is 1. The molecule has 0 aliphatic carbocycles. The summed E-state index contributed by atoms with van der Waals surface area (Å²) in [6.07, 6.45) is 5.11. The zero-order valence-corrected chi connectivity index (χ0v) is 20.0. The van der Waals surface area contributed by atoms with Crippen molar-refractivity contribution in [2.24, 2.45) is 5.10 Å². The molecule has 0 amide bonds. The first kappa shape index (κ1) is 24.1. The fraction of sp³-hybridized carbons (Fsp3) is 0.185. The van der Waals surface area contributed by atoms with E-state index >= 15 is 0 Å². The summed E-state index contributed by atoms with van der Waals surface area (Å²) >= 11 is 0. The molecular weight excluding hydrogens is 473 g/mol. The highest BCUT2D eigenvalue weighted by atomic mass is 19.1. The van der Waals surface area contributed by atoms with Gasteiger partial charge in [-0.05, 0) is 53.9 Å². The Morgan fingerprint density at radius 1 is 0.973 bits per heavy atom. The van der Waals surface area contributed by atoms with E-state index in [2.05, 4.69) is 42.9 Å². The van der Waals surface area contributed by atoms with Crippen LogP contribution in [0.2, 0.25) is 0 Å². The van der Waals surface area contributed by atoms with E-state index < -0.39 is 5.82 Å². The summed E-state index contributed by atoms with van der Waals surface area (Å²) in [5, 5.41) is 17.2. The molecule has 1 fully saturated rings. The van der Waals surface area contributed by atoms with Crippen molar-refractivity contribution in [2.75, 3.05) is 41.9 Å². The number of morpholine rings is 1. The normalized spacial score (nSPS) is 13.6. The van der Waals surface area contributed by atoms with E-state index in [1.54, 1.807) is 24.5 Å². The van der Waals surface area contributed by atoms with Gasteiger partial charge in [-0.25, -0.2) is 14.8 Å². The van der Waals surface area contributed by atoms with Gasteiger partial charge in [0.2, 0.25) is 5.95 Å². The quantitative estimate of drug-likeness (QED) is 0.243. The van der Waals surface area contributed by atoms with Crippen LogP contribution in [0, 0.1) is 5.82 Å². The van der Waals surface area contributed by atoms with Gasteiger partial charge in [0, 0.05) is 18.8 Å². The summed E-state index contributed by atoms with van der Waals surface area (Å²) in [5.41, 5.74) is 7.30. The van der Waals surface area contributed by atoms with Gasteiger partial charge in [0.05, 0.1) is 43.2 Å². The number of hydrogen-bond donors (Lipinski definition) is 3. The number of hydrogen-bond acceptors (Lipinski definition) is 9. The Morgan fingerprint density at radius 2 is 1.78 bits per heavy atom. The van der Waals surface area contributed by atoms with E-state index in [4.69, 9.17) is 4.74 Å². The van der Waals surface area contributed by atoms with Crippen LogP contribution in [-0.2, 0) is 11.2 Å². The number of aromatic nitrogens is 3. The highest BCUT2D eigenvalue weighted by molar-refractivity contribution is 5.78. The van der Waals surface area contributed by atoms with Crippen molar-refractivity contribution < 1.29 is 14.2 Å². The molecule has 9 nitrogen and oxygen atoms in total. The molecule has 5 rings (SSSR count). The lowest BCUT2D eigenvalue weighted by Gasteiger charge is -2.27. The van der Waals surface area contributed by atoms with Crippen molar-refractivity contribution in [2.45, 2.75) is 6.42 Å². The zero-order chi connectivity index (χ0) is 25.5. The van der Waals surface area contributed by atoms with Crippen LogP contribution in [0.5, 0.6) is 5.75 Å². The van der Waals surface area contributed by atoms with Gasteiger partial charge in [-0.15, -0.1) is 0 Å². The third-order valence-electron chi connectivity index (χ3n) is 5.72. The Kier molecular flexibility index (Phi) is 7.47. The zero-order valence-electron chi connectivity index (χ0n) is 20.0. The van der Waals surface area contributed by atoms with Crippen molar-refractivity contribution in [3.05, 3.63) is 95.7 Å². The molecule has 188 valence electrons. The first-order valence-electron chi connectivity index (χ1n) is 11.9. The Bertz CT molecular complexity index is 1380. The standard InChI is InChI=1S/C27H26FN7O2/c28-25-18-30-27(33-26(25)35-9-11-37-12-10-35)34-31-17-22-7-8-23(16-29-22)32-21-5-1-3-19(14-21)13-20-4-2-6-24(36)15-20/h1-8,14-18,32,36H,9-13H2,(H,30,33,34)/b31-17-. The third kappa shape index (κ3) is 6.56. The second-order valence-electron chi connectivity index (χ2n) is 8.48. The minimum atomic E-state index is -0.480. The average molecular weight is 500 g/mol. The maximum absolute atomic E-state index is 14.2. The second kappa shape index (κ2) is 11.4. The minimum absolute atomic E-state index is 0.197. The number of nitrogens with zero attached hydrogens (tertiary/aromatic N) is 5. The molecule has 0 unspecified atom stereocenters. The van der Waals surface area contributed by atoms with Crippen molar-refractivity contribution in [3.63, 3.8) is 0 Å². The van der Waals surface area contributed by atoms with E-state index in [-0.39, 0.29) is 17.5 Å². The maximum atomic E-state index is 14.2. The summed E-state index contributed by atoms with van der Waals surface area (Å²) in [6, 6.07) is 19.1. The number of nitrogens with one attached hydrogen (secondary N) is 2. The van der Waals surface area contributed by atoms with Crippen LogP contribution in [0.4, 0.5) is 27.5 Å². The average Bonchev–Trinajstić information content (AvgIpc) is 2.91. The summed E-state index contributed by atoms with van der Waals surface area (Å²) in [7, 11) is 0. The fourth-order valence-corrected chi connectivity index (χ4v) is 3.95. The lowest BCUT2D eigenvalue weighted by molar-refractivity contribution is 0.122. The molecule has 0 spiro atoms. The molecule has 3 N–H and O–H groups in total. The molecule has 3 heterocycles. The molecule has 1 aliphatic rings. The molecule has 1 saturated heterocycles. The lowest BCUT2D eigenvalue weighted by atomic mass is 10.0. The number of anilines is 4. The molecule has 2 aromatic carbocycles. The molecule has 0 saturated carbocycles. The van der Waals surface area contributed by atoms with Gasteiger partial charge < -0.3 is 20.1 Å². The third-order valence-corrected chi connectivity index (χ3v) is 5.72. The van der Waals surface area contributed by atoms with Crippen LogP contribution in [-0.4, -0.2) is 52.6 Å². The van der Waals surface area contributed by atoms with E-state index in [9.17, 15) is 9.50 Å². The van der Waals surface area contributed by atoms with Crippen molar-refractivity contribution in [3.8, 4) is 5.75 Å². The van der Waals surface area contributed by atoms with Crippen LogP contribution >= 0.6 is 0 Å². The Labute approximate surface area is 213 Å². The molecule has 0 bridgehead atoms. The van der Waals surface area contributed by atoms with E-state index in [1.165, 1.54) is 0 Å². The van der Waals surface area contributed by atoms with Crippen molar-refractivity contribution in [1.82, 2.24) is 15.0 Å². The van der Waals surface area contributed by atoms with Crippen LogP contribution in [0.1, 0.15) is 16.8 Å². The monoisotopic (exact) mass is 499 g/mol. The van der Waals surface area contributed by atoms with Crippen molar-refractivity contribution in [1.29, 1.82) is 0 Å². The number of benzene rings is 2. The van der Waals surface area contributed by atoms with Gasteiger partial charge in [0.1, 0.15) is 5.75 Å². The molecule has 10 heteroatoms. The van der Waals surface area contributed by atoms with E-state index in [1.807, 2.05) is 41.3 Å². The molecule has 0 radical (unpaired) electrons. The van der Waals surface area contributed by atoms with Gasteiger partial charge in [0.25, 0.3) is 0 Å². The molecular formula is C27H26FN7O2.